The van der Waals surface area contributed by atoms with Crippen LogP contribution in [-0.4, -0.2) is 36.4 Å². The minimum Gasteiger partial charge on any atom is -0.388 e. The molecular weight excluding hydrogens is 318 g/mol. The highest BCUT2D eigenvalue weighted by atomic mass is 16.3. The Balaban J connectivity index is 1.42. The van der Waals surface area contributed by atoms with Gasteiger partial charge in [0.25, 0.3) is 5.91 Å². The first kappa shape index (κ1) is 15.8. The zero-order valence-electron chi connectivity index (χ0n) is 14.3. The average molecular weight is 339 g/mol. The first-order chi connectivity index (χ1) is 12.1. The first-order valence-corrected chi connectivity index (χ1v) is 8.43. The summed E-state index contributed by atoms with van der Waals surface area (Å²) in [5.74, 6) is 1.67. The normalized spacial score (nSPS) is 19.8. The van der Waals surface area contributed by atoms with Crippen molar-refractivity contribution < 1.29 is 9.90 Å². The summed E-state index contributed by atoms with van der Waals surface area (Å²) in [6, 6.07) is 10.0. The molecule has 1 fully saturated rings. The summed E-state index contributed by atoms with van der Waals surface area (Å²) in [6.07, 6.45) is 1.68. The summed E-state index contributed by atoms with van der Waals surface area (Å²) >= 11 is 0. The molecule has 0 saturated heterocycles. The molecule has 2 N–H and O–H groups in total. The number of aryl methyl sites for hydroxylation is 1. The van der Waals surface area contributed by atoms with E-state index < -0.39 is 0 Å². The molecule has 7 nitrogen and oxygen atoms in total. The van der Waals surface area contributed by atoms with E-state index in [9.17, 15) is 9.90 Å². The lowest BCUT2D eigenvalue weighted by Gasteiger charge is -2.35. The number of carbonyl (C=O) groups excluding carboxylic acids is 1. The van der Waals surface area contributed by atoms with Gasteiger partial charge in [-0.25, -0.2) is 0 Å². The van der Waals surface area contributed by atoms with Gasteiger partial charge in [0, 0.05) is 37.0 Å². The van der Waals surface area contributed by atoms with Crippen LogP contribution in [0.15, 0.2) is 30.3 Å². The van der Waals surface area contributed by atoms with E-state index in [0.717, 1.165) is 29.6 Å². The number of rotatable bonds is 4. The molecule has 1 amide bonds. The van der Waals surface area contributed by atoms with Gasteiger partial charge in [-0.05, 0) is 25.0 Å². The van der Waals surface area contributed by atoms with Crippen LogP contribution in [0.5, 0.6) is 0 Å². The van der Waals surface area contributed by atoms with Crippen LogP contribution >= 0.6 is 0 Å². The van der Waals surface area contributed by atoms with Crippen LogP contribution in [0.3, 0.4) is 0 Å². The molecule has 0 bridgehead atoms. The van der Waals surface area contributed by atoms with Crippen LogP contribution in [0.2, 0.25) is 0 Å². The maximum absolute atomic E-state index is 12.6. The SMILES string of the molecule is Cn1c(CO)nnc1C1CC(NC(=O)c2cc3ccccc3n2C)C1. The predicted octanol–water partition coefficient (Wildman–Crippen LogP) is 1.48. The number of hydrogen-bond donors (Lipinski definition) is 2. The number of nitrogens with one attached hydrogen (secondary N) is 1. The number of para-hydroxylation sites is 1. The van der Waals surface area contributed by atoms with Gasteiger partial charge < -0.3 is 19.6 Å². The number of hydrogen-bond acceptors (Lipinski definition) is 4. The van der Waals surface area contributed by atoms with Gasteiger partial charge in [0.05, 0.1) is 0 Å². The van der Waals surface area contributed by atoms with Crippen molar-refractivity contribution in [1.29, 1.82) is 0 Å². The molecular formula is C18H21N5O2. The predicted molar refractivity (Wildman–Crippen MR) is 93.1 cm³/mol. The van der Waals surface area contributed by atoms with Crippen molar-refractivity contribution in [2.24, 2.45) is 14.1 Å². The molecule has 1 saturated carbocycles. The van der Waals surface area contributed by atoms with Crippen LogP contribution in [-0.2, 0) is 20.7 Å². The van der Waals surface area contributed by atoms with Crippen LogP contribution in [0.1, 0.15) is 40.9 Å². The summed E-state index contributed by atoms with van der Waals surface area (Å²) < 4.78 is 3.77. The van der Waals surface area contributed by atoms with Gasteiger partial charge in [0.15, 0.2) is 5.82 Å². The van der Waals surface area contributed by atoms with Gasteiger partial charge in [0.2, 0.25) is 0 Å². The van der Waals surface area contributed by atoms with Crippen LogP contribution in [0.25, 0.3) is 10.9 Å². The Morgan fingerprint density at radius 3 is 2.68 bits per heavy atom. The van der Waals surface area contributed by atoms with Crippen molar-refractivity contribution in [3.8, 4) is 0 Å². The van der Waals surface area contributed by atoms with Crippen molar-refractivity contribution in [3.05, 3.63) is 47.7 Å². The van der Waals surface area contributed by atoms with Gasteiger partial charge in [-0.2, -0.15) is 0 Å². The molecule has 1 aromatic carbocycles. The quantitative estimate of drug-likeness (QED) is 0.754. The van der Waals surface area contributed by atoms with Gasteiger partial charge >= 0.3 is 0 Å². The maximum atomic E-state index is 12.6. The van der Waals surface area contributed by atoms with Crippen molar-refractivity contribution >= 4 is 16.8 Å². The van der Waals surface area contributed by atoms with Crippen molar-refractivity contribution in [2.45, 2.75) is 31.4 Å². The van der Waals surface area contributed by atoms with Crippen molar-refractivity contribution in [1.82, 2.24) is 24.6 Å². The number of benzene rings is 1. The smallest absolute Gasteiger partial charge is 0.268 e. The molecule has 0 atom stereocenters. The maximum Gasteiger partial charge on any atom is 0.268 e. The van der Waals surface area contributed by atoms with E-state index in [2.05, 4.69) is 15.5 Å². The molecule has 1 aliphatic carbocycles. The second-order valence-corrected chi connectivity index (χ2v) is 6.68. The van der Waals surface area contributed by atoms with Gasteiger partial charge in [-0.3, -0.25) is 4.79 Å². The molecule has 2 aromatic heterocycles. The lowest BCUT2D eigenvalue weighted by Crippen LogP contribution is -2.44. The summed E-state index contributed by atoms with van der Waals surface area (Å²) in [7, 11) is 3.78. The number of aliphatic hydroxyl groups is 1. The molecule has 0 aliphatic heterocycles. The standard InChI is InChI=1S/C18H21N5O2/c1-22-14-6-4-3-5-11(14)9-15(22)18(25)19-13-7-12(8-13)17-21-20-16(10-24)23(17)2/h3-6,9,12-13,24H,7-8,10H2,1-2H3,(H,19,25). The first-order valence-electron chi connectivity index (χ1n) is 8.43. The topological polar surface area (TPSA) is 85.0 Å². The zero-order chi connectivity index (χ0) is 17.6. The van der Waals surface area contributed by atoms with Crippen LogP contribution < -0.4 is 5.32 Å². The highest BCUT2D eigenvalue weighted by Gasteiger charge is 2.35. The largest absolute Gasteiger partial charge is 0.388 e. The fraction of sp³-hybridized carbons (Fsp3) is 0.389. The summed E-state index contributed by atoms with van der Waals surface area (Å²) in [4.78, 5) is 12.6. The Kier molecular flexibility index (Phi) is 3.80. The summed E-state index contributed by atoms with van der Waals surface area (Å²) in [5, 5.41) is 21.5. The third kappa shape index (κ3) is 2.60. The number of amides is 1. The van der Waals surface area contributed by atoms with Crippen LogP contribution in [0, 0.1) is 0 Å². The number of nitrogens with zero attached hydrogens (tertiary/aromatic N) is 4. The molecule has 7 heteroatoms. The summed E-state index contributed by atoms with van der Waals surface area (Å²) in [5.41, 5.74) is 1.72. The summed E-state index contributed by atoms with van der Waals surface area (Å²) in [6.45, 7) is -0.114. The Hall–Kier alpha value is -2.67. The Morgan fingerprint density at radius 1 is 1.24 bits per heavy atom. The van der Waals surface area contributed by atoms with Gasteiger partial charge in [-0.15, -0.1) is 10.2 Å². The number of fused-ring (bicyclic) bond motifs is 1. The van der Waals surface area contributed by atoms with E-state index in [1.165, 1.54) is 0 Å². The highest BCUT2D eigenvalue weighted by molar-refractivity contribution is 5.98. The van der Waals surface area contributed by atoms with E-state index in [-0.39, 0.29) is 24.5 Å². The lowest BCUT2D eigenvalue weighted by atomic mass is 9.79. The van der Waals surface area contributed by atoms with E-state index in [1.54, 1.807) is 0 Å². The van der Waals surface area contributed by atoms with E-state index in [0.29, 0.717) is 11.5 Å². The fourth-order valence-electron chi connectivity index (χ4n) is 3.58. The van der Waals surface area contributed by atoms with Crippen molar-refractivity contribution in [2.75, 3.05) is 0 Å². The molecule has 4 rings (SSSR count). The van der Waals surface area contributed by atoms with E-state index in [4.69, 9.17) is 0 Å². The van der Waals surface area contributed by atoms with Gasteiger partial charge in [-0.1, -0.05) is 18.2 Å². The molecule has 0 unspecified atom stereocenters. The fourth-order valence-corrected chi connectivity index (χ4v) is 3.58. The molecule has 3 aromatic rings. The second-order valence-electron chi connectivity index (χ2n) is 6.68. The molecule has 130 valence electrons. The molecule has 0 spiro atoms. The highest BCUT2D eigenvalue weighted by Crippen LogP contribution is 2.36. The minimum atomic E-state index is -0.114. The average Bonchev–Trinajstić information content (AvgIpc) is 3.11. The van der Waals surface area contributed by atoms with E-state index >= 15 is 0 Å². The number of aliphatic hydroxyl groups excluding tert-OH is 1. The Bertz CT molecular complexity index is 936. The zero-order valence-corrected chi connectivity index (χ0v) is 14.3. The molecule has 2 heterocycles. The number of aromatic nitrogens is 4. The van der Waals surface area contributed by atoms with E-state index in [1.807, 2.05) is 53.6 Å². The molecule has 1 aliphatic rings. The lowest BCUT2D eigenvalue weighted by molar-refractivity contribution is 0.0899. The minimum absolute atomic E-state index is 0.0452. The van der Waals surface area contributed by atoms with Gasteiger partial charge in [0.1, 0.15) is 18.1 Å². The molecule has 0 radical (unpaired) electrons. The Labute approximate surface area is 145 Å². The van der Waals surface area contributed by atoms with Crippen molar-refractivity contribution in [3.63, 3.8) is 0 Å². The Morgan fingerprint density at radius 2 is 2.00 bits per heavy atom. The third-order valence-corrected chi connectivity index (χ3v) is 5.16. The molecule has 25 heavy (non-hydrogen) atoms. The third-order valence-electron chi connectivity index (χ3n) is 5.16. The monoisotopic (exact) mass is 339 g/mol. The second kappa shape index (κ2) is 6.00. The van der Waals surface area contributed by atoms with Crippen LogP contribution in [0.4, 0.5) is 0 Å². The number of carbonyl (C=O) groups is 1.